The van der Waals surface area contributed by atoms with Gasteiger partial charge in [-0.15, -0.1) is 0 Å². The van der Waals surface area contributed by atoms with Crippen LogP contribution in [0.25, 0.3) is 0 Å². The number of hydrogen-bond acceptors (Lipinski definition) is 2. The fourth-order valence-corrected chi connectivity index (χ4v) is 3.59. The van der Waals surface area contributed by atoms with Gasteiger partial charge < -0.3 is 10.2 Å². The largest absolute Gasteiger partial charge is 0.378 e. The van der Waals surface area contributed by atoms with Crippen LogP contribution in [0.4, 0.5) is 5.69 Å². The van der Waals surface area contributed by atoms with Crippen molar-refractivity contribution in [2.45, 2.75) is 44.2 Å². The average Bonchev–Trinajstić information content (AvgIpc) is 2.86. The van der Waals surface area contributed by atoms with Crippen LogP contribution in [-0.2, 0) is 0 Å². The van der Waals surface area contributed by atoms with Gasteiger partial charge in [0.15, 0.2) is 0 Å². The minimum atomic E-state index is 0.584. The Bertz CT molecular complexity index is 396. The molecule has 1 N–H and O–H groups in total. The van der Waals surface area contributed by atoms with E-state index in [1.807, 2.05) is 0 Å². The third kappa shape index (κ3) is 2.26. The topological polar surface area (TPSA) is 15.3 Å². The summed E-state index contributed by atoms with van der Waals surface area (Å²) in [7, 11) is 4.19. The van der Waals surface area contributed by atoms with Crippen LogP contribution in [0.3, 0.4) is 0 Å². The van der Waals surface area contributed by atoms with E-state index in [4.69, 9.17) is 0 Å². The van der Waals surface area contributed by atoms with Gasteiger partial charge in [0, 0.05) is 31.9 Å². The molecule has 18 heavy (non-hydrogen) atoms. The molecule has 1 saturated carbocycles. The molecule has 2 nitrogen and oxygen atoms in total. The highest BCUT2D eigenvalue weighted by Crippen LogP contribution is 2.38. The number of anilines is 1. The molecule has 1 aromatic carbocycles. The van der Waals surface area contributed by atoms with Crippen molar-refractivity contribution in [2.24, 2.45) is 5.92 Å². The fraction of sp³-hybridized carbons (Fsp3) is 0.625. The van der Waals surface area contributed by atoms with Crippen LogP contribution >= 0.6 is 0 Å². The summed E-state index contributed by atoms with van der Waals surface area (Å²) in [6.45, 7) is 0. The molecule has 0 radical (unpaired) electrons. The Balaban J connectivity index is 1.71. The second kappa shape index (κ2) is 4.93. The number of fused-ring (bicyclic) bond motifs is 1. The summed E-state index contributed by atoms with van der Waals surface area (Å²) in [5.74, 6) is 0.960. The Kier molecular flexibility index (Phi) is 3.29. The molecular weight excluding hydrogens is 220 g/mol. The molecule has 2 heteroatoms. The van der Waals surface area contributed by atoms with Crippen molar-refractivity contribution in [3.05, 3.63) is 29.8 Å². The first-order chi connectivity index (χ1) is 8.74. The molecule has 1 aliphatic heterocycles. The van der Waals surface area contributed by atoms with Gasteiger partial charge in [0.1, 0.15) is 0 Å². The van der Waals surface area contributed by atoms with Gasteiger partial charge in [-0.2, -0.15) is 0 Å². The highest BCUT2D eigenvalue weighted by molar-refractivity contribution is 5.46. The molecule has 0 bridgehead atoms. The second-order valence-electron chi connectivity index (χ2n) is 6.08. The third-order valence-electron chi connectivity index (χ3n) is 4.71. The van der Waals surface area contributed by atoms with E-state index in [-0.39, 0.29) is 0 Å². The Labute approximate surface area is 110 Å². The molecule has 2 fully saturated rings. The van der Waals surface area contributed by atoms with Crippen molar-refractivity contribution in [1.82, 2.24) is 5.32 Å². The van der Waals surface area contributed by atoms with Gasteiger partial charge in [0.25, 0.3) is 0 Å². The van der Waals surface area contributed by atoms with Crippen LogP contribution in [-0.4, -0.2) is 20.1 Å². The van der Waals surface area contributed by atoms with Gasteiger partial charge in [-0.3, -0.25) is 0 Å². The Morgan fingerprint density at radius 1 is 1.00 bits per heavy atom. The zero-order valence-electron chi connectivity index (χ0n) is 11.5. The van der Waals surface area contributed by atoms with Gasteiger partial charge in [0.05, 0.1) is 0 Å². The summed E-state index contributed by atoms with van der Waals surface area (Å²) < 4.78 is 0. The molecule has 1 aliphatic carbocycles. The smallest absolute Gasteiger partial charge is 0.0361 e. The fourth-order valence-electron chi connectivity index (χ4n) is 3.59. The minimum Gasteiger partial charge on any atom is -0.378 e. The number of benzene rings is 1. The molecule has 3 unspecified atom stereocenters. The monoisotopic (exact) mass is 244 g/mol. The molecule has 1 aromatic rings. The number of piperidine rings is 1. The maximum atomic E-state index is 3.87. The minimum absolute atomic E-state index is 0.584. The first-order valence-electron chi connectivity index (χ1n) is 7.27. The molecule has 0 spiro atoms. The highest BCUT2D eigenvalue weighted by Gasteiger charge is 2.33. The van der Waals surface area contributed by atoms with E-state index in [9.17, 15) is 0 Å². The van der Waals surface area contributed by atoms with E-state index in [1.54, 1.807) is 0 Å². The molecule has 1 saturated heterocycles. The lowest BCUT2D eigenvalue weighted by atomic mass is 9.87. The summed E-state index contributed by atoms with van der Waals surface area (Å²) in [5.41, 5.74) is 2.75. The van der Waals surface area contributed by atoms with Crippen molar-refractivity contribution in [2.75, 3.05) is 19.0 Å². The van der Waals surface area contributed by atoms with Crippen LogP contribution in [0.15, 0.2) is 24.3 Å². The quantitative estimate of drug-likeness (QED) is 0.858. The molecule has 0 amide bonds. The summed E-state index contributed by atoms with van der Waals surface area (Å²) >= 11 is 0. The van der Waals surface area contributed by atoms with Crippen molar-refractivity contribution in [3.8, 4) is 0 Å². The third-order valence-corrected chi connectivity index (χ3v) is 4.71. The highest BCUT2D eigenvalue weighted by atomic mass is 15.1. The van der Waals surface area contributed by atoms with E-state index in [0.717, 1.165) is 12.0 Å². The Morgan fingerprint density at radius 2 is 1.78 bits per heavy atom. The van der Waals surface area contributed by atoms with Gasteiger partial charge in [0.2, 0.25) is 0 Å². The molecule has 3 rings (SSSR count). The number of nitrogens with zero attached hydrogens (tertiary/aromatic N) is 1. The lowest BCUT2D eigenvalue weighted by Crippen LogP contribution is -2.40. The van der Waals surface area contributed by atoms with E-state index in [0.29, 0.717) is 6.04 Å². The number of rotatable bonds is 2. The lowest BCUT2D eigenvalue weighted by molar-refractivity contribution is 0.261. The van der Waals surface area contributed by atoms with Crippen LogP contribution in [0.1, 0.15) is 43.7 Å². The van der Waals surface area contributed by atoms with E-state index in [2.05, 4.69) is 48.6 Å². The number of hydrogen-bond donors (Lipinski definition) is 1. The number of nitrogens with one attached hydrogen (secondary N) is 1. The van der Waals surface area contributed by atoms with Gasteiger partial charge >= 0.3 is 0 Å². The van der Waals surface area contributed by atoms with Gasteiger partial charge in [-0.1, -0.05) is 18.6 Å². The van der Waals surface area contributed by atoms with Gasteiger partial charge in [-0.25, -0.2) is 0 Å². The summed E-state index contributed by atoms with van der Waals surface area (Å²) in [6.07, 6.45) is 6.98. The molecule has 3 atom stereocenters. The summed E-state index contributed by atoms with van der Waals surface area (Å²) in [4.78, 5) is 2.16. The van der Waals surface area contributed by atoms with Crippen LogP contribution in [0.5, 0.6) is 0 Å². The second-order valence-corrected chi connectivity index (χ2v) is 6.08. The maximum Gasteiger partial charge on any atom is 0.0361 e. The lowest BCUT2D eigenvalue weighted by Gasteiger charge is -2.34. The zero-order chi connectivity index (χ0) is 12.5. The average molecular weight is 244 g/mol. The molecule has 2 aliphatic rings. The Morgan fingerprint density at radius 3 is 2.50 bits per heavy atom. The summed E-state index contributed by atoms with van der Waals surface area (Å²) in [6, 6.07) is 10.4. The molecular formula is C16H24N2. The SMILES string of the molecule is CN(C)c1ccc(C2CCC3CCCC3N2)cc1. The van der Waals surface area contributed by atoms with E-state index < -0.39 is 0 Å². The predicted molar refractivity (Wildman–Crippen MR) is 77.0 cm³/mol. The van der Waals surface area contributed by atoms with Crippen molar-refractivity contribution in [1.29, 1.82) is 0 Å². The molecule has 1 heterocycles. The maximum absolute atomic E-state index is 3.87. The van der Waals surface area contributed by atoms with Crippen LogP contribution in [0.2, 0.25) is 0 Å². The van der Waals surface area contributed by atoms with E-state index >= 15 is 0 Å². The first-order valence-corrected chi connectivity index (χ1v) is 7.27. The summed E-state index contributed by atoms with van der Waals surface area (Å²) in [5, 5.41) is 3.87. The van der Waals surface area contributed by atoms with Crippen molar-refractivity contribution < 1.29 is 0 Å². The van der Waals surface area contributed by atoms with Gasteiger partial charge in [-0.05, 0) is 49.3 Å². The van der Waals surface area contributed by atoms with Crippen LogP contribution < -0.4 is 10.2 Å². The molecule has 98 valence electrons. The van der Waals surface area contributed by atoms with Crippen molar-refractivity contribution in [3.63, 3.8) is 0 Å². The predicted octanol–water partition coefficient (Wildman–Crippen LogP) is 3.35. The van der Waals surface area contributed by atoms with E-state index in [1.165, 1.54) is 43.4 Å². The Hall–Kier alpha value is -1.02. The molecule has 0 aromatic heterocycles. The first kappa shape index (κ1) is 12.0. The standard InChI is InChI=1S/C16H24N2/c1-18(2)14-9-6-13(7-10-14)16-11-8-12-4-3-5-15(12)17-16/h6-7,9-10,12,15-17H,3-5,8,11H2,1-2H3. The van der Waals surface area contributed by atoms with Crippen LogP contribution in [0, 0.1) is 5.92 Å². The van der Waals surface area contributed by atoms with Crippen molar-refractivity contribution >= 4 is 5.69 Å². The zero-order valence-corrected chi connectivity index (χ0v) is 11.5. The normalized spacial score (nSPS) is 31.1.